The van der Waals surface area contributed by atoms with Crippen LogP contribution in [-0.4, -0.2) is 26.6 Å². The van der Waals surface area contributed by atoms with Crippen LogP contribution in [0.5, 0.6) is 0 Å². The summed E-state index contributed by atoms with van der Waals surface area (Å²) in [7, 11) is 0. The van der Waals surface area contributed by atoms with Crippen molar-refractivity contribution in [2.24, 2.45) is 0 Å². The number of rotatable bonds is 6. The summed E-state index contributed by atoms with van der Waals surface area (Å²) in [6, 6.07) is 3.65. The third-order valence-electron chi connectivity index (χ3n) is 2.88. The molecule has 0 radical (unpaired) electrons. The second-order valence-corrected chi connectivity index (χ2v) is 5.30. The van der Waals surface area contributed by atoms with Crippen LogP contribution in [0.15, 0.2) is 24.5 Å². The van der Waals surface area contributed by atoms with Gasteiger partial charge in [0, 0.05) is 18.0 Å². The van der Waals surface area contributed by atoms with E-state index in [0.717, 1.165) is 36.4 Å². The predicted octanol–water partition coefficient (Wildman–Crippen LogP) is 3.34. The van der Waals surface area contributed by atoms with Crippen molar-refractivity contribution >= 4 is 17.5 Å². The molecule has 0 aliphatic heterocycles. The Morgan fingerprint density at radius 2 is 2.35 bits per heavy atom. The van der Waals surface area contributed by atoms with Crippen LogP contribution in [0.1, 0.15) is 42.8 Å². The second-order valence-electron chi connectivity index (χ2n) is 4.55. The molecule has 2 aromatic rings. The maximum absolute atomic E-state index is 12.2. The highest BCUT2D eigenvalue weighted by Gasteiger charge is 2.21. The number of hydrogen-bond donors (Lipinski definition) is 0. The van der Waals surface area contributed by atoms with Gasteiger partial charge in [0.25, 0.3) is 0 Å². The maximum atomic E-state index is 12.2. The van der Waals surface area contributed by atoms with Gasteiger partial charge in [-0.1, -0.05) is 24.3 Å². The van der Waals surface area contributed by atoms with E-state index in [4.69, 9.17) is 4.74 Å². The largest absolute Gasteiger partial charge is 0.458 e. The van der Waals surface area contributed by atoms with Crippen molar-refractivity contribution in [2.75, 3.05) is 0 Å². The molecule has 0 spiro atoms. The van der Waals surface area contributed by atoms with Crippen molar-refractivity contribution in [2.45, 2.75) is 39.2 Å². The average Bonchev–Trinajstić information content (AvgIpc) is 2.95. The first-order chi connectivity index (χ1) is 9.72. The Labute approximate surface area is 122 Å². The smallest absolute Gasteiger partial charge is 0.352 e. The Bertz CT molecular complexity index is 557. The number of carbonyl (C=O) groups is 1. The molecule has 5 nitrogen and oxygen atoms in total. The summed E-state index contributed by atoms with van der Waals surface area (Å²) in [5, 5.41) is 4.00. The summed E-state index contributed by atoms with van der Waals surface area (Å²) in [5.41, 5.74) is 1.31. The molecule has 0 fully saturated rings. The molecule has 2 heterocycles. The van der Waals surface area contributed by atoms with Gasteiger partial charge in [-0.05, 0) is 37.0 Å². The molecule has 0 amide bonds. The van der Waals surface area contributed by atoms with E-state index in [1.807, 2.05) is 13.0 Å². The molecule has 2 aromatic heterocycles. The van der Waals surface area contributed by atoms with Crippen LogP contribution in [0, 0.1) is 0 Å². The van der Waals surface area contributed by atoms with Crippen LogP contribution in [0.4, 0.5) is 0 Å². The first-order valence-electron chi connectivity index (χ1n) is 6.66. The average molecular weight is 291 g/mol. The molecular weight excluding hydrogens is 274 g/mol. The second kappa shape index (κ2) is 7.09. The van der Waals surface area contributed by atoms with E-state index in [0.29, 0.717) is 10.6 Å². The Balaban J connectivity index is 2.10. The highest BCUT2D eigenvalue weighted by Crippen LogP contribution is 2.24. The molecule has 0 bridgehead atoms. The lowest BCUT2D eigenvalue weighted by Gasteiger charge is -2.11. The van der Waals surface area contributed by atoms with Crippen molar-refractivity contribution in [3.63, 3.8) is 0 Å². The molecule has 106 valence electrons. The number of hydrogen-bond acceptors (Lipinski definition) is 6. The molecule has 0 N–H and O–H groups in total. The van der Waals surface area contributed by atoms with Gasteiger partial charge in [-0.15, -0.1) is 5.10 Å². The van der Waals surface area contributed by atoms with Crippen LogP contribution in [0.25, 0.3) is 11.3 Å². The molecular formula is C14H17N3O2S. The SMILES string of the molecule is CCCC[C@@H](C)OC(=O)c1snnc1-c1cccnc1. The molecule has 0 aliphatic carbocycles. The van der Waals surface area contributed by atoms with E-state index >= 15 is 0 Å². The van der Waals surface area contributed by atoms with Crippen LogP contribution in [0.3, 0.4) is 0 Å². The zero-order valence-electron chi connectivity index (χ0n) is 11.6. The van der Waals surface area contributed by atoms with E-state index in [1.54, 1.807) is 18.5 Å². The first kappa shape index (κ1) is 14.6. The molecule has 0 unspecified atom stereocenters. The zero-order valence-corrected chi connectivity index (χ0v) is 12.4. The molecule has 0 saturated carbocycles. The lowest BCUT2D eigenvalue weighted by molar-refractivity contribution is 0.0327. The number of ether oxygens (including phenoxy) is 1. The minimum Gasteiger partial charge on any atom is -0.458 e. The Morgan fingerprint density at radius 1 is 1.50 bits per heavy atom. The van der Waals surface area contributed by atoms with Gasteiger partial charge in [-0.3, -0.25) is 4.98 Å². The van der Waals surface area contributed by atoms with Crippen LogP contribution >= 0.6 is 11.5 Å². The van der Waals surface area contributed by atoms with E-state index in [1.165, 1.54) is 0 Å². The van der Waals surface area contributed by atoms with Crippen molar-refractivity contribution in [1.82, 2.24) is 14.6 Å². The molecule has 0 aromatic carbocycles. The van der Waals surface area contributed by atoms with Crippen molar-refractivity contribution in [3.8, 4) is 11.3 Å². The fourth-order valence-corrected chi connectivity index (χ4v) is 2.37. The summed E-state index contributed by atoms with van der Waals surface area (Å²) >= 11 is 1.05. The highest BCUT2D eigenvalue weighted by atomic mass is 32.1. The van der Waals surface area contributed by atoms with E-state index in [9.17, 15) is 4.79 Å². The van der Waals surface area contributed by atoms with Gasteiger partial charge in [-0.2, -0.15) is 0 Å². The topological polar surface area (TPSA) is 65.0 Å². The summed E-state index contributed by atoms with van der Waals surface area (Å²) in [5.74, 6) is -0.359. The highest BCUT2D eigenvalue weighted by molar-refractivity contribution is 7.08. The van der Waals surface area contributed by atoms with Gasteiger partial charge >= 0.3 is 5.97 Å². The molecule has 1 atom stereocenters. The normalized spacial score (nSPS) is 12.1. The van der Waals surface area contributed by atoms with Gasteiger partial charge in [0.1, 0.15) is 5.69 Å². The fraction of sp³-hybridized carbons (Fsp3) is 0.429. The predicted molar refractivity (Wildman–Crippen MR) is 77.5 cm³/mol. The van der Waals surface area contributed by atoms with E-state index < -0.39 is 0 Å². The Morgan fingerprint density at radius 3 is 3.05 bits per heavy atom. The number of unbranched alkanes of at least 4 members (excludes halogenated alkanes) is 1. The van der Waals surface area contributed by atoms with Crippen molar-refractivity contribution < 1.29 is 9.53 Å². The van der Waals surface area contributed by atoms with Crippen molar-refractivity contribution in [1.29, 1.82) is 0 Å². The number of carbonyl (C=O) groups excluding carboxylic acids is 1. The molecule has 0 saturated heterocycles. The summed E-state index contributed by atoms with van der Waals surface area (Å²) < 4.78 is 9.28. The standard InChI is InChI=1S/C14H17N3O2S/c1-3-4-6-10(2)19-14(18)13-12(16-17-20-13)11-7-5-8-15-9-11/h5,7-10H,3-4,6H2,1-2H3/t10-/m1/s1. The lowest BCUT2D eigenvalue weighted by Crippen LogP contribution is -2.14. The van der Waals surface area contributed by atoms with Gasteiger partial charge in [-0.25, -0.2) is 4.79 Å². The van der Waals surface area contributed by atoms with Crippen LogP contribution in [-0.2, 0) is 4.74 Å². The Kier molecular flexibility index (Phi) is 5.17. The Hall–Kier alpha value is -1.82. The van der Waals surface area contributed by atoms with Crippen molar-refractivity contribution in [3.05, 3.63) is 29.4 Å². The van der Waals surface area contributed by atoms with Gasteiger partial charge in [0.05, 0.1) is 6.10 Å². The van der Waals surface area contributed by atoms with Crippen LogP contribution < -0.4 is 0 Å². The molecule has 20 heavy (non-hydrogen) atoms. The zero-order chi connectivity index (χ0) is 14.4. The van der Waals surface area contributed by atoms with E-state index in [2.05, 4.69) is 21.5 Å². The summed E-state index contributed by atoms with van der Waals surface area (Å²) in [6.45, 7) is 4.02. The minimum absolute atomic E-state index is 0.0914. The molecule has 6 heteroatoms. The number of aromatic nitrogens is 3. The van der Waals surface area contributed by atoms with Gasteiger partial charge in [0.2, 0.25) is 0 Å². The third kappa shape index (κ3) is 3.60. The maximum Gasteiger partial charge on any atom is 0.352 e. The summed E-state index contributed by atoms with van der Waals surface area (Å²) in [4.78, 5) is 16.6. The third-order valence-corrected chi connectivity index (χ3v) is 3.59. The molecule has 0 aliphatic rings. The molecule has 2 rings (SSSR count). The number of nitrogens with zero attached hydrogens (tertiary/aromatic N) is 3. The quantitative estimate of drug-likeness (QED) is 0.764. The number of esters is 1. The van der Waals surface area contributed by atoms with Gasteiger partial charge < -0.3 is 4.74 Å². The fourth-order valence-electron chi connectivity index (χ4n) is 1.80. The van der Waals surface area contributed by atoms with Gasteiger partial charge in [0.15, 0.2) is 4.88 Å². The monoisotopic (exact) mass is 291 g/mol. The van der Waals surface area contributed by atoms with Crippen LogP contribution in [0.2, 0.25) is 0 Å². The summed E-state index contributed by atoms with van der Waals surface area (Å²) in [6.07, 6.45) is 6.25. The number of pyridine rings is 1. The van der Waals surface area contributed by atoms with E-state index in [-0.39, 0.29) is 12.1 Å². The first-order valence-corrected chi connectivity index (χ1v) is 7.43. The lowest BCUT2D eigenvalue weighted by atomic mass is 10.2. The minimum atomic E-state index is -0.359.